The molecule has 76 valence electrons. The van der Waals surface area contributed by atoms with Crippen LogP contribution < -0.4 is 0 Å². The van der Waals surface area contributed by atoms with Crippen LogP contribution in [0.5, 0.6) is 0 Å². The predicted octanol–water partition coefficient (Wildman–Crippen LogP) is 1.71. The van der Waals surface area contributed by atoms with E-state index in [-0.39, 0.29) is 5.56 Å². The lowest BCUT2D eigenvalue weighted by Crippen LogP contribution is -2.01. The molecule has 0 aliphatic carbocycles. The van der Waals surface area contributed by atoms with Gasteiger partial charge in [-0.3, -0.25) is 0 Å². The van der Waals surface area contributed by atoms with Gasteiger partial charge in [-0.05, 0) is 24.3 Å². The van der Waals surface area contributed by atoms with E-state index in [1.54, 1.807) is 12.3 Å². The average molecular weight is 206 g/mol. The number of aromatic nitrogens is 2. The molecule has 0 aliphatic rings. The Morgan fingerprint density at radius 3 is 2.80 bits per heavy atom. The normalized spacial score (nSPS) is 10.2. The van der Waals surface area contributed by atoms with E-state index in [0.29, 0.717) is 5.69 Å². The van der Waals surface area contributed by atoms with Crippen LogP contribution in [-0.4, -0.2) is 20.9 Å². The third kappa shape index (κ3) is 1.85. The summed E-state index contributed by atoms with van der Waals surface area (Å²) >= 11 is 0. The number of nitrogens with zero attached hydrogens (tertiary/aromatic N) is 2. The van der Waals surface area contributed by atoms with E-state index in [9.17, 15) is 9.18 Å². The molecule has 0 aliphatic heterocycles. The van der Waals surface area contributed by atoms with E-state index >= 15 is 0 Å². The number of aromatic carboxylic acids is 1. The molecule has 0 bridgehead atoms. The van der Waals surface area contributed by atoms with Crippen molar-refractivity contribution >= 4 is 5.97 Å². The van der Waals surface area contributed by atoms with Crippen LogP contribution >= 0.6 is 0 Å². The fourth-order valence-electron chi connectivity index (χ4n) is 1.25. The van der Waals surface area contributed by atoms with Crippen molar-refractivity contribution in [1.82, 2.24) is 9.78 Å². The Balaban J connectivity index is 2.54. The van der Waals surface area contributed by atoms with Crippen LogP contribution in [0.15, 0.2) is 36.7 Å². The monoisotopic (exact) mass is 206 g/mol. The number of benzene rings is 1. The van der Waals surface area contributed by atoms with Gasteiger partial charge >= 0.3 is 5.97 Å². The summed E-state index contributed by atoms with van der Waals surface area (Å²) < 4.78 is 14.5. The van der Waals surface area contributed by atoms with Gasteiger partial charge in [-0.15, -0.1) is 0 Å². The summed E-state index contributed by atoms with van der Waals surface area (Å²) in [5.74, 6) is -1.76. The van der Waals surface area contributed by atoms with Crippen molar-refractivity contribution < 1.29 is 14.3 Å². The number of carbonyl (C=O) groups is 1. The highest BCUT2D eigenvalue weighted by molar-refractivity contribution is 5.88. The SMILES string of the molecule is O=C(O)c1cc(F)cc(-n2cccn2)c1. The van der Waals surface area contributed by atoms with Crippen molar-refractivity contribution in [3.63, 3.8) is 0 Å². The summed E-state index contributed by atoms with van der Waals surface area (Å²) in [6.07, 6.45) is 3.14. The first-order valence-electron chi connectivity index (χ1n) is 4.21. The summed E-state index contributed by atoms with van der Waals surface area (Å²) in [6.45, 7) is 0. The molecular formula is C10H7FN2O2. The molecule has 0 atom stereocenters. The first-order chi connectivity index (χ1) is 7.16. The van der Waals surface area contributed by atoms with Gasteiger partial charge in [-0.25, -0.2) is 13.9 Å². The summed E-state index contributed by atoms with van der Waals surface area (Å²) in [7, 11) is 0. The van der Waals surface area contributed by atoms with Gasteiger partial charge in [-0.2, -0.15) is 5.10 Å². The van der Waals surface area contributed by atoms with E-state index in [2.05, 4.69) is 5.10 Å². The van der Waals surface area contributed by atoms with Crippen LogP contribution in [-0.2, 0) is 0 Å². The van der Waals surface area contributed by atoms with E-state index in [4.69, 9.17) is 5.11 Å². The second kappa shape index (κ2) is 3.53. The van der Waals surface area contributed by atoms with E-state index < -0.39 is 11.8 Å². The summed E-state index contributed by atoms with van der Waals surface area (Å²) in [4.78, 5) is 10.7. The first kappa shape index (κ1) is 9.39. The fourth-order valence-corrected chi connectivity index (χ4v) is 1.25. The quantitative estimate of drug-likeness (QED) is 0.813. The summed E-state index contributed by atoms with van der Waals surface area (Å²) in [5, 5.41) is 12.6. The summed E-state index contributed by atoms with van der Waals surface area (Å²) in [5.41, 5.74) is 0.290. The molecular weight excluding hydrogens is 199 g/mol. The van der Waals surface area contributed by atoms with E-state index in [1.807, 2.05) is 0 Å². The van der Waals surface area contributed by atoms with Crippen LogP contribution in [0.1, 0.15) is 10.4 Å². The minimum atomic E-state index is -1.16. The molecule has 2 aromatic rings. The summed E-state index contributed by atoms with van der Waals surface area (Å²) in [6, 6.07) is 5.22. The van der Waals surface area contributed by atoms with Crippen LogP contribution in [0.25, 0.3) is 5.69 Å². The van der Waals surface area contributed by atoms with Crippen LogP contribution in [0.2, 0.25) is 0 Å². The smallest absolute Gasteiger partial charge is 0.335 e. The van der Waals surface area contributed by atoms with Crippen molar-refractivity contribution in [3.8, 4) is 5.69 Å². The molecule has 0 radical (unpaired) electrons. The van der Waals surface area contributed by atoms with Gasteiger partial charge in [0.25, 0.3) is 0 Å². The van der Waals surface area contributed by atoms with Crippen molar-refractivity contribution in [2.45, 2.75) is 0 Å². The molecule has 2 rings (SSSR count). The van der Waals surface area contributed by atoms with Gasteiger partial charge in [-0.1, -0.05) is 0 Å². The zero-order chi connectivity index (χ0) is 10.8. The molecule has 1 aromatic carbocycles. The van der Waals surface area contributed by atoms with Gasteiger partial charge < -0.3 is 5.11 Å². The van der Waals surface area contributed by atoms with Gasteiger partial charge in [0.2, 0.25) is 0 Å². The standard InChI is InChI=1S/C10H7FN2O2/c11-8-4-7(10(14)15)5-9(6-8)13-3-1-2-12-13/h1-6H,(H,14,15). The molecule has 0 saturated heterocycles. The highest BCUT2D eigenvalue weighted by Crippen LogP contribution is 2.12. The van der Waals surface area contributed by atoms with Crippen molar-refractivity contribution in [2.75, 3.05) is 0 Å². The molecule has 1 N–H and O–H groups in total. The highest BCUT2D eigenvalue weighted by Gasteiger charge is 2.07. The lowest BCUT2D eigenvalue weighted by atomic mass is 10.2. The van der Waals surface area contributed by atoms with E-state index in [0.717, 1.165) is 6.07 Å². The topological polar surface area (TPSA) is 55.1 Å². The van der Waals surface area contributed by atoms with Crippen molar-refractivity contribution in [3.05, 3.63) is 48.0 Å². The molecule has 0 amide bonds. The zero-order valence-corrected chi connectivity index (χ0v) is 7.59. The lowest BCUT2D eigenvalue weighted by molar-refractivity contribution is 0.0696. The maximum absolute atomic E-state index is 13.1. The molecule has 5 heteroatoms. The average Bonchev–Trinajstić information content (AvgIpc) is 2.69. The Kier molecular flexibility index (Phi) is 2.21. The Morgan fingerprint density at radius 1 is 1.40 bits per heavy atom. The maximum Gasteiger partial charge on any atom is 0.335 e. The predicted molar refractivity (Wildman–Crippen MR) is 50.5 cm³/mol. The number of hydrogen-bond donors (Lipinski definition) is 1. The molecule has 15 heavy (non-hydrogen) atoms. The number of hydrogen-bond acceptors (Lipinski definition) is 2. The molecule has 0 spiro atoms. The highest BCUT2D eigenvalue weighted by atomic mass is 19.1. The van der Waals surface area contributed by atoms with Crippen LogP contribution in [0.3, 0.4) is 0 Å². The third-order valence-corrected chi connectivity index (χ3v) is 1.90. The second-order valence-electron chi connectivity index (χ2n) is 2.95. The second-order valence-corrected chi connectivity index (χ2v) is 2.95. The number of carboxylic acid groups (broad SMARTS) is 1. The van der Waals surface area contributed by atoms with Crippen molar-refractivity contribution in [1.29, 1.82) is 0 Å². The Hall–Kier alpha value is -2.17. The van der Waals surface area contributed by atoms with Gasteiger partial charge in [0, 0.05) is 12.4 Å². The Bertz CT molecular complexity index is 494. The Morgan fingerprint density at radius 2 is 2.20 bits per heavy atom. The molecule has 0 unspecified atom stereocenters. The zero-order valence-electron chi connectivity index (χ0n) is 7.59. The molecule has 0 saturated carbocycles. The van der Waals surface area contributed by atoms with E-state index in [1.165, 1.54) is 23.0 Å². The van der Waals surface area contributed by atoms with Gasteiger partial charge in [0.1, 0.15) is 5.82 Å². The third-order valence-electron chi connectivity index (χ3n) is 1.90. The Labute approximate surface area is 84.6 Å². The number of rotatable bonds is 2. The minimum absolute atomic E-state index is 0.0968. The van der Waals surface area contributed by atoms with Crippen molar-refractivity contribution in [2.24, 2.45) is 0 Å². The number of carboxylic acids is 1. The van der Waals surface area contributed by atoms with Crippen LogP contribution in [0, 0.1) is 5.82 Å². The number of halogens is 1. The van der Waals surface area contributed by atoms with Crippen LogP contribution in [0.4, 0.5) is 4.39 Å². The molecule has 1 heterocycles. The fraction of sp³-hybridized carbons (Fsp3) is 0. The lowest BCUT2D eigenvalue weighted by Gasteiger charge is -2.03. The molecule has 1 aromatic heterocycles. The molecule has 0 fully saturated rings. The molecule has 4 nitrogen and oxygen atoms in total. The minimum Gasteiger partial charge on any atom is -0.478 e. The van der Waals surface area contributed by atoms with Gasteiger partial charge in [0.15, 0.2) is 0 Å². The van der Waals surface area contributed by atoms with Gasteiger partial charge in [0.05, 0.1) is 11.3 Å². The largest absolute Gasteiger partial charge is 0.478 e. The first-order valence-corrected chi connectivity index (χ1v) is 4.21. The maximum atomic E-state index is 13.1.